The van der Waals surface area contributed by atoms with Gasteiger partial charge in [-0.15, -0.1) is 0 Å². The number of ether oxygens (including phenoxy) is 2. The number of fused-ring (bicyclic) bond motifs is 1. The van der Waals surface area contributed by atoms with Crippen molar-refractivity contribution in [3.05, 3.63) is 18.2 Å². The van der Waals surface area contributed by atoms with Crippen molar-refractivity contribution in [1.29, 1.82) is 0 Å². The van der Waals surface area contributed by atoms with Crippen LogP contribution in [0.25, 0.3) is 0 Å². The molecule has 150 valence electrons. The normalized spacial score (nSPS) is 18.9. The van der Waals surface area contributed by atoms with Gasteiger partial charge in [0.2, 0.25) is 15.9 Å². The molecule has 0 aliphatic carbocycles. The summed E-state index contributed by atoms with van der Waals surface area (Å²) < 4.78 is 38.3. The largest absolute Gasteiger partial charge is 0.486 e. The molecule has 2 aliphatic rings. The quantitative estimate of drug-likeness (QED) is 0.824. The molecule has 0 saturated carbocycles. The van der Waals surface area contributed by atoms with Crippen molar-refractivity contribution in [2.24, 2.45) is 5.92 Å². The minimum atomic E-state index is -3.62. The first-order chi connectivity index (χ1) is 12.7. The Morgan fingerprint density at radius 2 is 1.81 bits per heavy atom. The van der Waals surface area contributed by atoms with Crippen LogP contribution < -0.4 is 14.8 Å². The lowest BCUT2D eigenvalue weighted by molar-refractivity contribution is -0.127. The van der Waals surface area contributed by atoms with E-state index in [1.54, 1.807) is 12.1 Å². The van der Waals surface area contributed by atoms with Crippen LogP contribution in [0.4, 0.5) is 0 Å². The summed E-state index contributed by atoms with van der Waals surface area (Å²) in [5, 5.41) is 3.06. The summed E-state index contributed by atoms with van der Waals surface area (Å²) in [5.41, 5.74) is -0.245. The van der Waals surface area contributed by atoms with E-state index < -0.39 is 10.0 Å². The molecule has 2 aliphatic heterocycles. The molecular formula is C19H28N2O5S. The molecule has 0 unspecified atom stereocenters. The van der Waals surface area contributed by atoms with Gasteiger partial charge in [-0.25, -0.2) is 8.42 Å². The van der Waals surface area contributed by atoms with E-state index in [2.05, 4.69) is 5.32 Å². The third kappa shape index (κ3) is 4.38. The summed E-state index contributed by atoms with van der Waals surface area (Å²) in [5.74, 6) is 0.883. The van der Waals surface area contributed by atoms with Crippen LogP contribution in [0.3, 0.4) is 0 Å². The zero-order chi connectivity index (χ0) is 19.7. The van der Waals surface area contributed by atoms with E-state index in [1.165, 1.54) is 10.4 Å². The number of benzene rings is 1. The van der Waals surface area contributed by atoms with Gasteiger partial charge >= 0.3 is 0 Å². The number of piperidine rings is 1. The molecule has 7 nitrogen and oxygen atoms in total. The Labute approximate surface area is 161 Å². The van der Waals surface area contributed by atoms with Crippen molar-refractivity contribution < 1.29 is 22.7 Å². The molecule has 0 atom stereocenters. The third-order valence-corrected chi connectivity index (χ3v) is 7.22. The fourth-order valence-corrected chi connectivity index (χ4v) is 4.70. The smallest absolute Gasteiger partial charge is 0.243 e. The number of nitrogens with zero attached hydrogens (tertiary/aromatic N) is 1. The molecule has 3 rings (SSSR count). The van der Waals surface area contributed by atoms with Crippen LogP contribution in [0.2, 0.25) is 0 Å². The van der Waals surface area contributed by atoms with Crippen LogP contribution in [0, 0.1) is 5.92 Å². The highest BCUT2D eigenvalue weighted by atomic mass is 32.2. The molecule has 1 aromatic rings. The van der Waals surface area contributed by atoms with Crippen molar-refractivity contribution in [2.45, 2.75) is 50.5 Å². The molecule has 1 saturated heterocycles. The first-order valence-corrected chi connectivity index (χ1v) is 10.9. The summed E-state index contributed by atoms with van der Waals surface area (Å²) >= 11 is 0. The van der Waals surface area contributed by atoms with Crippen molar-refractivity contribution in [3.63, 3.8) is 0 Å². The standard InChI is InChI=1S/C19H28N2O5S/c1-4-19(2,3)20-18(22)14-7-9-21(10-8-14)27(23,24)15-5-6-16-17(13-15)26-12-11-25-16/h5-6,13-14H,4,7-12H2,1-3H3,(H,20,22). The van der Waals surface area contributed by atoms with E-state index in [-0.39, 0.29) is 22.3 Å². The summed E-state index contributed by atoms with van der Waals surface area (Å²) in [6.45, 7) is 7.55. The van der Waals surface area contributed by atoms with Crippen LogP contribution >= 0.6 is 0 Å². The molecule has 1 fully saturated rings. The molecule has 0 bridgehead atoms. The molecule has 27 heavy (non-hydrogen) atoms. The zero-order valence-electron chi connectivity index (χ0n) is 16.2. The van der Waals surface area contributed by atoms with Crippen LogP contribution in [-0.2, 0) is 14.8 Å². The molecule has 8 heteroatoms. The summed E-state index contributed by atoms with van der Waals surface area (Å²) in [7, 11) is -3.62. The summed E-state index contributed by atoms with van der Waals surface area (Å²) in [6, 6.07) is 4.70. The molecule has 0 spiro atoms. The fourth-order valence-electron chi connectivity index (χ4n) is 3.22. The minimum absolute atomic E-state index is 0.0122. The Kier molecular flexibility index (Phi) is 5.67. The number of amides is 1. The number of carbonyl (C=O) groups is 1. The molecule has 0 radical (unpaired) electrons. The number of hydrogen-bond donors (Lipinski definition) is 1. The predicted octanol–water partition coefficient (Wildman–Crippen LogP) is 2.16. The molecule has 1 aromatic carbocycles. The first kappa shape index (κ1) is 19.9. The van der Waals surface area contributed by atoms with Gasteiger partial charge in [0, 0.05) is 30.6 Å². The second-order valence-corrected chi connectivity index (χ2v) is 9.65. The molecule has 2 heterocycles. The van der Waals surface area contributed by atoms with Crippen LogP contribution in [0.5, 0.6) is 11.5 Å². The number of carbonyl (C=O) groups excluding carboxylic acids is 1. The monoisotopic (exact) mass is 396 g/mol. The topological polar surface area (TPSA) is 84.9 Å². The van der Waals surface area contributed by atoms with Crippen LogP contribution in [-0.4, -0.2) is 50.5 Å². The highest BCUT2D eigenvalue weighted by Gasteiger charge is 2.34. The Hall–Kier alpha value is -1.80. The molecule has 1 amide bonds. The maximum atomic E-state index is 13.0. The van der Waals surface area contributed by atoms with Crippen molar-refractivity contribution in [2.75, 3.05) is 26.3 Å². The van der Waals surface area contributed by atoms with Gasteiger partial charge < -0.3 is 14.8 Å². The van der Waals surface area contributed by atoms with E-state index in [0.29, 0.717) is 50.6 Å². The van der Waals surface area contributed by atoms with E-state index in [4.69, 9.17) is 9.47 Å². The first-order valence-electron chi connectivity index (χ1n) is 9.45. The Bertz CT molecular complexity index is 798. The number of nitrogens with one attached hydrogen (secondary N) is 1. The van der Waals surface area contributed by atoms with E-state index in [9.17, 15) is 13.2 Å². The van der Waals surface area contributed by atoms with Gasteiger partial charge in [-0.2, -0.15) is 4.31 Å². The van der Waals surface area contributed by atoms with E-state index in [1.807, 2.05) is 20.8 Å². The number of sulfonamides is 1. The van der Waals surface area contributed by atoms with E-state index in [0.717, 1.165) is 6.42 Å². The molecule has 0 aromatic heterocycles. The lowest BCUT2D eigenvalue weighted by Gasteiger charge is -2.33. The van der Waals surface area contributed by atoms with Crippen molar-refractivity contribution >= 4 is 15.9 Å². The van der Waals surface area contributed by atoms with Crippen molar-refractivity contribution in [3.8, 4) is 11.5 Å². The van der Waals surface area contributed by atoms with Gasteiger partial charge in [-0.1, -0.05) is 6.92 Å². The number of hydrogen-bond acceptors (Lipinski definition) is 5. The van der Waals surface area contributed by atoms with Gasteiger partial charge in [0.25, 0.3) is 0 Å². The van der Waals surface area contributed by atoms with Gasteiger partial charge in [0.05, 0.1) is 4.90 Å². The summed E-state index contributed by atoms with van der Waals surface area (Å²) in [6.07, 6.45) is 1.89. The Morgan fingerprint density at radius 3 is 2.44 bits per heavy atom. The minimum Gasteiger partial charge on any atom is -0.486 e. The average molecular weight is 397 g/mol. The second kappa shape index (κ2) is 7.67. The van der Waals surface area contributed by atoms with Crippen LogP contribution in [0.1, 0.15) is 40.0 Å². The third-order valence-electron chi connectivity index (χ3n) is 5.32. The Balaban J connectivity index is 1.65. The average Bonchev–Trinajstić information content (AvgIpc) is 2.67. The highest BCUT2D eigenvalue weighted by molar-refractivity contribution is 7.89. The van der Waals surface area contributed by atoms with Crippen molar-refractivity contribution in [1.82, 2.24) is 9.62 Å². The molecular weight excluding hydrogens is 368 g/mol. The number of rotatable bonds is 5. The second-order valence-electron chi connectivity index (χ2n) is 7.71. The fraction of sp³-hybridized carbons (Fsp3) is 0.632. The van der Waals surface area contributed by atoms with Gasteiger partial charge in [-0.3, -0.25) is 4.79 Å². The van der Waals surface area contributed by atoms with Gasteiger partial charge in [0.15, 0.2) is 11.5 Å². The maximum Gasteiger partial charge on any atom is 0.243 e. The van der Waals surface area contributed by atoms with Crippen LogP contribution in [0.15, 0.2) is 23.1 Å². The highest BCUT2D eigenvalue weighted by Crippen LogP contribution is 2.34. The Morgan fingerprint density at radius 1 is 1.19 bits per heavy atom. The van der Waals surface area contributed by atoms with Gasteiger partial charge in [-0.05, 0) is 45.2 Å². The SMILES string of the molecule is CCC(C)(C)NC(=O)C1CCN(S(=O)(=O)c2ccc3c(c2)OCCO3)CC1. The van der Waals surface area contributed by atoms with E-state index >= 15 is 0 Å². The predicted molar refractivity (Wildman–Crippen MR) is 101 cm³/mol. The maximum absolute atomic E-state index is 13.0. The zero-order valence-corrected chi connectivity index (χ0v) is 17.0. The summed E-state index contributed by atoms with van der Waals surface area (Å²) in [4.78, 5) is 12.6. The lowest BCUT2D eigenvalue weighted by Crippen LogP contribution is -2.48. The lowest BCUT2D eigenvalue weighted by atomic mass is 9.94. The molecule has 1 N–H and O–H groups in total. The van der Waals surface area contributed by atoms with Gasteiger partial charge in [0.1, 0.15) is 13.2 Å².